The van der Waals surface area contributed by atoms with Crippen LogP contribution in [0, 0.1) is 18.7 Å². The average Bonchev–Trinajstić information content (AvgIpc) is 3.09. The Hall–Kier alpha value is -2.89. The predicted molar refractivity (Wildman–Crippen MR) is 114 cm³/mol. The van der Waals surface area contributed by atoms with Crippen LogP contribution in [0.3, 0.4) is 0 Å². The lowest BCUT2D eigenvalue weighted by Crippen LogP contribution is -2.40. The molecule has 1 fully saturated rings. The van der Waals surface area contributed by atoms with Gasteiger partial charge in [-0.05, 0) is 36.1 Å². The van der Waals surface area contributed by atoms with Crippen molar-refractivity contribution in [3.63, 3.8) is 0 Å². The van der Waals surface area contributed by atoms with Crippen molar-refractivity contribution in [3.8, 4) is 0 Å². The topological polar surface area (TPSA) is 56.7 Å². The van der Waals surface area contributed by atoms with Crippen molar-refractivity contribution in [2.75, 3.05) is 26.7 Å². The van der Waals surface area contributed by atoms with E-state index in [1.165, 1.54) is 11.6 Å². The highest BCUT2D eigenvalue weighted by Crippen LogP contribution is 2.17. The summed E-state index contributed by atoms with van der Waals surface area (Å²) in [5, 5.41) is 6.49. The van der Waals surface area contributed by atoms with Crippen LogP contribution in [-0.4, -0.2) is 43.4 Å². The fourth-order valence-electron chi connectivity index (χ4n) is 3.51. The number of amides is 1. The van der Waals surface area contributed by atoms with Gasteiger partial charge in [-0.15, -0.1) is 0 Å². The second kappa shape index (κ2) is 10.0. The highest BCUT2D eigenvalue weighted by molar-refractivity contribution is 5.80. The molecule has 1 aliphatic heterocycles. The number of carbonyl (C=O) groups excluding carboxylic acids is 1. The monoisotopic (exact) mass is 396 g/mol. The average molecular weight is 397 g/mol. The van der Waals surface area contributed by atoms with Gasteiger partial charge in [-0.1, -0.05) is 42.5 Å². The molecule has 0 aliphatic carbocycles. The molecule has 0 saturated carbocycles. The first-order chi connectivity index (χ1) is 14.0. The first-order valence-corrected chi connectivity index (χ1v) is 10.1. The number of aryl methyl sites for hydroxylation is 1. The Morgan fingerprint density at radius 3 is 2.69 bits per heavy atom. The zero-order valence-electron chi connectivity index (χ0n) is 17.1. The fraction of sp³-hybridized carbons (Fsp3) is 0.391. The van der Waals surface area contributed by atoms with Gasteiger partial charge in [0.05, 0.1) is 0 Å². The van der Waals surface area contributed by atoms with Crippen LogP contribution in [0.5, 0.6) is 0 Å². The molecule has 1 aliphatic rings. The van der Waals surface area contributed by atoms with Crippen molar-refractivity contribution in [2.45, 2.75) is 26.3 Å². The van der Waals surface area contributed by atoms with Gasteiger partial charge in [0.15, 0.2) is 5.96 Å². The molecule has 5 nitrogen and oxygen atoms in total. The smallest absolute Gasteiger partial charge is 0.223 e. The summed E-state index contributed by atoms with van der Waals surface area (Å²) in [4.78, 5) is 18.5. The summed E-state index contributed by atoms with van der Waals surface area (Å²) in [5.41, 5.74) is 2.75. The molecule has 3 rings (SSSR count). The van der Waals surface area contributed by atoms with Gasteiger partial charge in [-0.25, -0.2) is 4.39 Å². The lowest BCUT2D eigenvalue weighted by atomic mass is 10.1. The minimum atomic E-state index is -0.202. The zero-order chi connectivity index (χ0) is 20.6. The minimum absolute atomic E-state index is 0.202. The van der Waals surface area contributed by atoms with Crippen LogP contribution in [0.2, 0.25) is 0 Å². The molecule has 1 saturated heterocycles. The summed E-state index contributed by atoms with van der Waals surface area (Å²) in [6.45, 7) is 4.43. The van der Waals surface area contributed by atoms with Crippen LogP contribution in [0.15, 0.2) is 53.5 Å². The van der Waals surface area contributed by atoms with Gasteiger partial charge in [-0.2, -0.15) is 0 Å². The fourth-order valence-corrected chi connectivity index (χ4v) is 3.51. The third-order valence-corrected chi connectivity index (χ3v) is 5.29. The molecule has 1 atom stereocenters. The SMILES string of the molecule is CN=C(NCc1ccc(C)c(F)c1)NCC1CC(=O)N(CCc2ccccc2)C1. The Labute approximate surface area is 172 Å². The molecule has 0 radical (unpaired) electrons. The molecule has 0 aromatic heterocycles. The van der Waals surface area contributed by atoms with Crippen LogP contribution < -0.4 is 10.6 Å². The molecule has 6 heteroatoms. The quantitative estimate of drug-likeness (QED) is 0.559. The number of guanidine groups is 1. The largest absolute Gasteiger partial charge is 0.356 e. The summed E-state index contributed by atoms with van der Waals surface area (Å²) < 4.78 is 13.7. The lowest BCUT2D eigenvalue weighted by molar-refractivity contribution is -0.127. The molecular formula is C23H29FN4O. The molecule has 154 valence electrons. The van der Waals surface area contributed by atoms with E-state index >= 15 is 0 Å². The number of nitrogens with zero attached hydrogens (tertiary/aromatic N) is 2. The minimum Gasteiger partial charge on any atom is -0.356 e. The molecule has 1 unspecified atom stereocenters. The van der Waals surface area contributed by atoms with E-state index in [0.717, 1.165) is 25.1 Å². The molecule has 0 bridgehead atoms. The molecule has 0 spiro atoms. The van der Waals surface area contributed by atoms with Crippen molar-refractivity contribution >= 4 is 11.9 Å². The van der Waals surface area contributed by atoms with Gasteiger partial charge in [0.1, 0.15) is 5.82 Å². The number of halogens is 1. The van der Waals surface area contributed by atoms with E-state index in [-0.39, 0.29) is 17.6 Å². The predicted octanol–water partition coefficient (Wildman–Crippen LogP) is 2.89. The normalized spacial score (nSPS) is 16.9. The number of aliphatic imine (C=N–C) groups is 1. The van der Waals surface area contributed by atoms with Crippen LogP contribution in [0.25, 0.3) is 0 Å². The second-order valence-corrected chi connectivity index (χ2v) is 7.54. The van der Waals surface area contributed by atoms with E-state index in [2.05, 4.69) is 27.8 Å². The van der Waals surface area contributed by atoms with Gasteiger partial charge in [0.25, 0.3) is 0 Å². The third kappa shape index (κ3) is 6.04. The number of hydrogen-bond acceptors (Lipinski definition) is 2. The highest BCUT2D eigenvalue weighted by Gasteiger charge is 2.29. The van der Waals surface area contributed by atoms with Crippen LogP contribution in [0.1, 0.15) is 23.1 Å². The van der Waals surface area contributed by atoms with E-state index in [1.54, 1.807) is 20.0 Å². The van der Waals surface area contributed by atoms with Crippen molar-refractivity contribution < 1.29 is 9.18 Å². The maximum absolute atomic E-state index is 13.7. The number of rotatable bonds is 7. The van der Waals surface area contributed by atoms with Crippen molar-refractivity contribution in [1.29, 1.82) is 0 Å². The highest BCUT2D eigenvalue weighted by atomic mass is 19.1. The van der Waals surface area contributed by atoms with Gasteiger partial charge in [-0.3, -0.25) is 9.79 Å². The summed E-state index contributed by atoms with van der Waals surface area (Å²) >= 11 is 0. The molecule has 2 N–H and O–H groups in total. The van der Waals surface area contributed by atoms with Crippen LogP contribution in [0.4, 0.5) is 4.39 Å². The maximum atomic E-state index is 13.7. The maximum Gasteiger partial charge on any atom is 0.223 e. The standard InChI is InChI=1S/C23H29FN4O/c1-17-8-9-19(12-21(17)24)14-26-23(25-2)27-15-20-13-22(29)28(16-20)11-10-18-6-4-3-5-7-18/h3-9,12,20H,10-11,13-16H2,1-2H3,(H2,25,26,27). The molecule has 1 heterocycles. The Morgan fingerprint density at radius 2 is 1.97 bits per heavy atom. The Bertz CT molecular complexity index is 853. The van der Waals surface area contributed by atoms with E-state index in [4.69, 9.17) is 0 Å². The first kappa shape index (κ1) is 20.8. The van der Waals surface area contributed by atoms with E-state index in [1.807, 2.05) is 29.2 Å². The van der Waals surface area contributed by atoms with E-state index < -0.39 is 0 Å². The molecule has 29 heavy (non-hydrogen) atoms. The van der Waals surface area contributed by atoms with E-state index in [9.17, 15) is 9.18 Å². The molecular weight excluding hydrogens is 367 g/mol. The van der Waals surface area contributed by atoms with Gasteiger partial charge in [0, 0.05) is 45.6 Å². The number of benzene rings is 2. The van der Waals surface area contributed by atoms with Crippen LogP contribution in [-0.2, 0) is 17.8 Å². The van der Waals surface area contributed by atoms with Crippen molar-refractivity contribution in [2.24, 2.45) is 10.9 Å². The molecule has 2 aromatic rings. The summed E-state index contributed by atoms with van der Waals surface area (Å²) in [7, 11) is 1.71. The van der Waals surface area contributed by atoms with Gasteiger partial charge in [0.2, 0.25) is 5.91 Å². The van der Waals surface area contributed by atoms with Crippen LogP contribution >= 0.6 is 0 Å². The number of carbonyl (C=O) groups is 1. The Kier molecular flexibility index (Phi) is 7.22. The molecule has 2 aromatic carbocycles. The van der Waals surface area contributed by atoms with Gasteiger partial charge < -0.3 is 15.5 Å². The molecule has 1 amide bonds. The third-order valence-electron chi connectivity index (χ3n) is 5.29. The Morgan fingerprint density at radius 1 is 1.17 bits per heavy atom. The second-order valence-electron chi connectivity index (χ2n) is 7.54. The number of likely N-dealkylation sites (tertiary alicyclic amines) is 1. The number of nitrogens with one attached hydrogen (secondary N) is 2. The van der Waals surface area contributed by atoms with E-state index in [0.29, 0.717) is 31.0 Å². The summed E-state index contributed by atoms with van der Waals surface area (Å²) in [5.74, 6) is 0.924. The summed E-state index contributed by atoms with van der Waals surface area (Å²) in [6, 6.07) is 15.5. The lowest BCUT2D eigenvalue weighted by Gasteiger charge is -2.18. The van der Waals surface area contributed by atoms with Crippen molar-refractivity contribution in [3.05, 3.63) is 71.0 Å². The van der Waals surface area contributed by atoms with Crippen molar-refractivity contribution in [1.82, 2.24) is 15.5 Å². The zero-order valence-corrected chi connectivity index (χ0v) is 17.1. The summed E-state index contributed by atoms with van der Waals surface area (Å²) in [6.07, 6.45) is 1.44. The first-order valence-electron chi connectivity index (χ1n) is 10.1. The Balaban J connectivity index is 1.42. The number of hydrogen-bond donors (Lipinski definition) is 2. The van der Waals surface area contributed by atoms with Gasteiger partial charge >= 0.3 is 0 Å².